The van der Waals surface area contributed by atoms with Crippen LogP contribution in [-0.4, -0.2) is 64.1 Å². The Kier molecular flexibility index (Phi) is 5.81. The molecule has 0 radical (unpaired) electrons. The number of nitrogens with one attached hydrogen (secondary N) is 1. The fraction of sp³-hybridized carbons (Fsp3) is 0.714. The summed E-state index contributed by atoms with van der Waals surface area (Å²) in [6, 6.07) is -0.222. The summed E-state index contributed by atoms with van der Waals surface area (Å²) < 4.78 is 11.2. The summed E-state index contributed by atoms with van der Waals surface area (Å²) in [5.41, 5.74) is -0.591. The number of hydrogen-bond donors (Lipinski definition) is 2. The van der Waals surface area contributed by atoms with Crippen LogP contribution in [0.5, 0.6) is 11.9 Å². The number of likely N-dealkylation sites (tertiary alicyclic amines) is 1. The van der Waals surface area contributed by atoms with Crippen LogP contribution in [0.2, 0.25) is 0 Å². The topological polar surface area (TPSA) is 114 Å². The van der Waals surface area contributed by atoms with Crippen molar-refractivity contribution in [3.63, 3.8) is 0 Å². The van der Waals surface area contributed by atoms with Gasteiger partial charge in [-0.25, -0.2) is 4.98 Å². The standard InChI is InChI=1S/C21H30N4O5/c1-3-29-18-15(10-22-20(24-18)30-4-2)21(28)13-6-5-7-14(21)12-25(11-13)19(27)16-8-9-17(26)23-16/h10,13-14,16,28H,3-9,11-12H2,1-2H3,(H,23,26)/t13?,14?,16-,21?/m1/s1. The molecule has 2 N–H and O–H groups in total. The highest BCUT2D eigenvalue weighted by Crippen LogP contribution is 2.51. The first-order valence-electron chi connectivity index (χ1n) is 10.9. The maximum Gasteiger partial charge on any atom is 0.319 e. The lowest BCUT2D eigenvalue weighted by Gasteiger charge is -2.53. The average Bonchev–Trinajstić information content (AvgIpc) is 3.14. The maximum absolute atomic E-state index is 13.0. The van der Waals surface area contributed by atoms with Gasteiger partial charge in [0, 0.05) is 37.5 Å². The number of aliphatic hydroxyl groups is 1. The summed E-state index contributed by atoms with van der Waals surface area (Å²) in [6.07, 6.45) is 5.14. The minimum atomic E-state index is -1.16. The molecule has 9 heteroatoms. The molecule has 2 aliphatic heterocycles. The Bertz CT molecular complexity index is 803. The summed E-state index contributed by atoms with van der Waals surface area (Å²) in [6.45, 7) is 5.46. The first-order valence-corrected chi connectivity index (χ1v) is 10.9. The monoisotopic (exact) mass is 418 g/mol. The zero-order valence-corrected chi connectivity index (χ0v) is 17.6. The van der Waals surface area contributed by atoms with Gasteiger partial charge >= 0.3 is 6.01 Å². The number of carbonyl (C=O) groups excluding carboxylic acids is 2. The SMILES string of the molecule is CCOc1ncc(C2(O)C3CCCC2CN(C(=O)[C@H]2CCC(=O)N2)C3)c(OCC)n1. The lowest BCUT2D eigenvalue weighted by molar-refractivity contribution is -0.165. The molecule has 2 unspecified atom stereocenters. The van der Waals surface area contributed by atoms with Crippen LogP contribution >= 0.6 is 0 Å². The zero-order valence-electron chi connectivity index (χ0n) is 17.6. The molecule has 4 rings (SSSR count). The molecule has 1 aliphatic carbocycles. The summed E-state index contributed by atoms with van der Waals surface area (Å²) in [7, 11) is 0. The predicted octanol–water partition coefficient (Wildman–Crippen LogP) is 0.999. The zero-order chi connectivity index (χ0) is 21.3. The normalized spacial score (nSPS) is 30.7. The molecule has 2 amide bonds. The molecule has 1 aromatic rings. The van der Waals surface area contributed by atoms with Gasteiger partial charge in [0.05, 0.1) is 18.8 Å². The second kappa shape index (κ2) is 8.37. The van der Waals surface area contributed by atoms with Crippen molar-refractivity contribution in [1.82, 2.24) is 20.2 Å². The van der Waals surface area contributed by atoms with E-state index in [1.54, 1.807) is 6.20 Å². The van der Waals surface area contributed by atoms with Gasteiger partial charge in [0.1, 0.15) is 11.6 Å². The lowest BCUT2D eigenvalue weighted by Crippen LogP contribution is -2.61. The van der Waals surface area contributed by atoms with Gasteiger partial charge in [-0.1, -0.05) is 6.42 Å². The van der Waals surface area contributed by atoms with Crippen molar-refractivity contribution < 1.29 is 24.2 Å². The van der Waals surface area contributed by atoms with Crippen LogP contribution in [0.15, 0.2) is 6.20 Å². The molecule has 3 fully saturated rings. The molecule has 30 heavy (non-hydrogen) atoms. The number of amides is 2. The third kappa shape index (κ3) is 3.59. The van der Waals surface area contributed by atoms with Crippen LogP contribution in [0.3, 0.4) is 0 Å². The molecule has 1 aromatic heterocycles. The van der Waals surface area contributed by atoms with E-state index in [0.29, 0.717) is 50.6 Å². The van der Waals surface area contributed by atoms with E-state index < -0.39 is 11.6 Å². The van der Waals surface area contributed by atoms with Crippen LogP contribution in [0, 0.1) is 11.8 Å². The molecule has 2 saturated heterocycles. The van der Waals surface area contributed by atoms with E-state index in [-0.39, 0.29) is 29.7 Å². The molecule has 3 aliphatic rings. The van der Waals surface area contributed by atoms with E-state index in [9.17, 15) is 14.7 Å². The number of nitrogens with zero attached hydrogens (tertiary/aromatic N) is 3. The minimum Gasteiger partial charge on any atom is -0.478 e. The number of piperidine rings is 1. The summed E-state index contributed by atoms with van der Waals surface area (Å²) >= 11 is 0. The Hall–Kier alpha value is -2.42. The quantitative estimate of drug-likeness (QED) is 0.708. The Morgan fingerprint density at radius 3 is 2.53 bits per heavy atom. The third-order valence-corrected chi connectivity index (χ3v) is 6.55. The number of carbonyl (C=O) groups is 2. The van der Waals surface area contributed by atoms with Gasteiger partial charge < -0.3 is 24.8 Å². The van der Waals surface area contributed by atoms with Crippen LogP contribution in [-0.2, 0) is 15.2 Å². The van der Waals surface area contributed by atoms with E-state index in [2.05, 4.69) is 15.3 Å². The van der Waals surface area contributed by atoms with Crippen molar-refractivity contribution in [3.8, 4) is 11.9 Å². The van der Waals surface area contributed by atoms with Crippen molar-refractivity contribution in [2.75, 3.05) is 26.3 Å². The Morgan fingerprint density at radius 1 is 1.23 bits per heavy atom. The molecule has 0 spiro atoms. The van der Waals surface area contributed by atoms with Gasteiger partial charge in [-0.05, 0) is 33.1 Å². The highest BCUT2D eigenvalue weighted by atomic mass is 16.5. The summed E-state index contributed by atoms with van der Waals surface area (Å²) in [5.74, 6) is -0.0699. The first-order chi connectivity index (χ1) is 14.5. The maximum atomic E-state index is 13.0. The van der Waals surface area contributed by atoms with E-state index in [4.69, 9.17) is 9.47 Å². The van der Waals surface area contributed by atoms with Crippen molar-refractivity contribution in [1.29, 1.82) is 0 Å². The second-order valence-corrected chi connectivity index (χ2v) is 8.29. The van der Waals surface area contributed by atoms with Gasteiger partial charge in [-0.2, -0.15) is 4.98 Å². The van der Waals surface area contributed by atoms with Crippen molar-refractivity contribution >= 4 is 11.8 Å². The van der Waals surface area contributed by atoms with E-state index in [1.807, 2.05) is 18.7 Å². The van der Waals surface area contributed by atoms with Gasteiger partial charge in [0.2, 0.25) is 17.7 Å². The largest absolute Gasteiger partial charge is 0.478 e. The third-order valence-electron chi connectivity index (χ3n) is 6.55. The van der Waals surface area contributed by atoms with E-state index in [0.717, 1.165) is 19.3 Å². The Labute approximate surface area is 176 Å². The summed E-state index contributed by atoms with van der Waals surface area (Å²) in [4.78, 5) is 35.0. The Balaban J connectivity index is 1.62. The van der Waals surface area contributed by atoms with Crippen LogP contribution in [0.25, 0.3) is 0 Å². The van der Waals surface area contributed by atoms with Gasteiger partial charge in [0.15, 0.2) is 0 Å². The molecule has 164 valence electrons. The molecule has 1 saturated carbocycles. The van der Waals surface area contributed by atoms with Crippen molar-refractivity contribution in [2.24, 2.45) is 11.8 Å². The average molecular weight is 418 g/mol. The molecular weight excluding hydrogens is 388 g/mol. The van der Waals surface area contributed by atoms with E-state index >= 15 is 0 Å². The molecule has 3 heterocycles. The number of ether oxygens (including phenoxy) is 2. The Morgan fingerprint density at radius 2 is 1.93 bits per heavy atom. The van der Waals surface area contributed by atoms with E-state index in [1.165, 1.54) is 0 Å². The second-order valence-electron chi connectivity index (χ2n) is 8.29. The van der Waals surface area contributed by atoms with Crippen molar-refractivity contribution in [2.45, 2.75) is 57.6 Å². The van der Waals surface area contributed by atoms with Crippen LogP contribution in [0.4, 0.5) is 0 Å². The number of rotatable bonds is 6. The minimum absolute atomic E-state index is 0.0484. The number of hydrogen-bond acceptors (Lipinski definition) is 7. The molecule has 9 nitrogen and oxygen atoms in total. The smallest absolute Gasteiger partial charge is 0.319 e. The van der Waals surface area contributed by atoms with Gasteiger partial charge in [-0.3, -0.25) is 9.59 Å². The molecule has 0 aromatic carbocycles. The molecule has 2 bridgehead atoms. The lowest BCUT2D eigenvalue weighted by atomic mass is 9.63. The number of aromatic nitrogens is 2. The van der Waals surface area contributed by atoms with Gasteiger partial charge in [-0.15, -0.1) is 0 Å². The fourth-order valence-corrected chi connectivity index (χ4v) is 5.16. The highest BCUT2D eigenvalue weighted by Gasteiger charge is 2.54. The number of fused-ring (bicyclic) bond motifs is 2. The predicted molar refractivity (Wildman–Crippen MR) is 107 cm³/mol. The summed E-state index contributed by atoms with van der Waals surface area (Å²) in [5, 5.41) is 14.7. The van der Waals surface area contributed by atoms with Crippen LogP contribution in [0.1, 0.15) is 51.5 Å². The highest BCUT2D eigenvalue weighted by molar-refractivity contribution is 5.90. The van der Waals surface area contributed by atoms with Crippen molar-refractivity contribution in [3.05, 3.63) is 11.8 Å². The molecule has 3 atom stereocenters. The molecular formula is C21H30N4O5. The van der Waals surface area contributed by atoms with Crippen LogP contribution < -0.4 is 14.8 Å². The van der Waals surface area contributed by atoms with Gasteiger partial charge in [0.25, 0.3) is 0 Å². The first kappa shape index (κ1) is 20.8. The fourth-order valence-electron chi connectivity index (χ4n) is 5.16.